The number of rotatable bonds is 4. The second kappa shape index (κ2) is 5.90. The Bertz CT molecular complexity index is 402. The number of hydrogen-bond donors (Lipinski definition) is 1. The normalized spacial score (nSPS) is 19.6. The van der Waals surface area contributed by atoms with Crippen molar-refractivity contribution in [3.05, 3.63) is 15.6 Å². The van der Waals surface area contributed by atoms with Crippen LogP contribution in [0.3, 0.4) is 0 Å². The maximum Gasteiger partial charge on any atom is 0.0957 e. The van der Waals surface area contributed by atoms with Crippen molar-refractivity contribution in [1.29, 1.82) is 0 Å². The summed E-state index contributed by atoms with van der Waals surface area (Å²) in [6.07, 6.45) is 4.16. The van der Waals surface area contributed by atoms with Crippen molar-refractivity contribution in [2.45, 2.75) is 65.0 Å². The van der Waals surface area contributed by atoms with Crippen molar-refractivity contribution in [1.82, 2.24) is 9.88 Å². The monoisotopic (exact) mass is 282 g/mol. The first-order chi connectivity index (χ1) is 8.91. The number of hydrogen-bond acceptors (Lipinski definition) is 4. The summed E-state index contributed by atoms with van der Waals surface area (Å²) in [5, 5.41) is 11.7. The molecule has 0 aliphatic carbocycles. The Labute approximate surface area is 120 Å². The van der Waals surface area contributed by atoms with Gasteiger partial charge in [-0.3, -0.25) is 4.90 Å². The van der Waals surface area contributed by atoms with E-state index in [0.717, 1.165) is 23.8 Å². The molecule has 2 rings (SSSR count). The Morgan fingerprint density at radius 3 is 2.42 bits per heavy atom. The number of aliphatic hydroxyl groups excluding tert-OH is 1. The zero-order valence-corrected chi connectivity index (χ0v) is 13.4. The van der Waals surface area contributed by atoms with Crippen LogP contribution in [0.1, 0.15) is 48.7 Å². The Morgan fingerprint density at radius 1 is 1.26 bits per heavy atom. The minimum Gasteiger partial charge on any atom is -0.391 e. The number of nitrogens with zero attached hydrogens (tertiary/aromatic N) is 2. The highest BCUT2D eigenvalue weighted by Crippen LogP contribution is 2.27. The highest BCUT2D eigenvalue weighted by molar-refractivity contribution is 7.11. The molecule has 1 aromatic rings. The Kier molecular flexibility index (Phi) is 4.64. The number of piperidine rings is 1. The molecule has 0 spiro atoms. The molecule has 4 heteroatoms. The summed E-state index contributed by atoms with van der Waals surface area (Å²) in [7, 11) is 0. The Hall–Kier alpha value is -0.450. The molecule has 1 saturated heterocycles. The van der Waals surface area contributed by atoms with Gasteiger partial charge >= 0.3 is 0 Å². The standard InChI is InChI=1S/C15H26N2OS/c1-11-12(2)19-14(16-11)10-13(18)15(3,4)17-8-6-5-7-9-17/h13,18H,5-10H2,1-4H3. The number of thiazole rings is 1. The predicted molar refractivity (Wildman–Crippen MR) is 80.8 cm³/mol. The van der Waals surface area contributed by atoms with Gasteiger partial charge in [0.2, 0.25) is 0 Å². The van der Waals surface area contributed by atoms with Crippen LogP contribution >= 0.6 is 11.3 Å². The zero-order chi connectivity index (χ0) is 14.0. The maximum atomic E-state index is 10.6. The van der Waals surface area contributed by atoms with E-state index >= 15 is 0 Å². The van der Waals surface area contributed by atoms with E-state index in [1.165, 1.54) is 24.1 Å². The summed E-state index contributed by atoms with van der Waals surface area (Å²) < 4.78 is 0. The Balaban J connectivity index is 2.02. The lowest BCUT2D eigenvalue weighted by Crippen LogP contribution is -2.54. The molecule has 0 radical (unpaired) electrons. The number of aryl methyl sites for hydroxylation is 2. The zero-order valence-electron chi connectivity index (χ0n) is 12.6. The maximum absolute atomic E-state index is 10.6. The molecule has 1 atom stereocenters. The molecule has 0 amide bonds. The van der Waals surface area contributed by atoms with Gasteiger partial charge in [-0.2, -0.15) is 0 Å². The smallest absolute Gasteiger partial charge is 0.0957 e. The second-order valence-corrected chi connectivity index (χ2v) is 7.46. The Morgan fingerprint density at radius 2 is 1.89 bits per heavy atom. The lowest BCUT2D eigenvalue weighted by molar-refractivity contribution is -0.0187. The highest BCUT2D eigenvalue weighted by Gasteiger charge is 2.35. The van der Waals surface area contributed by atoms with Crippen LogP contribution in [0, 0.1) is 13.8 Å². The topological polar surface area (TPSA) is 36.4 Å². The van der Waals surface area contributed by atoms with Gasteiger partial charge in [0, 0.05) is 16.8 Å². The van der Waals surface area contributed by atoms with E-state index < -0.39 is 0 Å². The second-order valence-electron chi connectivity index (χ2n) is 6.17. The molecule has 1 aromatic heterocycles. The van der Waals surface area contributed by atoms with E-state index in [-0.39, 0.29) is 11.6 Å². The number of likely N-dealkylation sites (tertiary alicyclic amines) is 1. The van der Waals surface area contributed by atoms with Gasteiger partial charge in [-0.25, -0.2) is 4.98 Å². The molecule has 108 valence electrons. The fourth-order valence-corrected chi connectivity index (χ4v) is 3.69. The van der Waals surface area contributed by atoms with Crippen LogP contribution in [-0.4, -0.2) is 39.7 Å². The number of aromatic nitrogens is 1. The van der Waals surface area contributed by atoms with E-state index in [1.54, 1.807) is 11.3 Å². The van der Waals surface area contributed by atoms with Gasteiger partial charge in [-0.1, -0.05) is 6.42 Å². The molecular formula is C15H26N2OS. The predicted octanol–water partition coefficient (Wildman–Crippen LogP) is 2.93. The van der Waals surface area contributed by atoms with Crippen molar-refractivity contribution in [2.75, 3.05) is 13.1 Å². The van der Waals surface area contributed by atoms with Crippen LogP contribution in [0.2, 0.25) is 0 Å². The van der Waals surface area contributed by atoms with Crippen LogP contribution in [0.15, 0.2) is 0 Å². The molecule has 0 bridgehead atoms. The summed E-state index contributed by atoms with van der Waals surface area (Å²) in [4.78, 5) is 8.25. The average molecular weight is 282 g/mol. The minimum absolute atomic E-state index is 0.159. The third kappa shape index (κ3) is 3.36. The molecule has 0 saturated carbocycles. The molecule has 1 aliphatic heterocycles. The van der Waals surface area contributed by atoms with Crippen LogP contribution in [-0.2, 0) is 6.42 Å². The van der Waals surface area contributed by atoms with Gasteiger partial charge in [0.1, 0.15) is 0 Å². The van der Waals surface area contributed by atoms with Crippen molar-refractivity contribution < 1.29 is 5.11 Å². The van der Waals surface area contributed by atoms with Gasteiger partial charge in [-0.05, 0) is 53.6 Å². The average Bonchev–Trinajstić information content (AvgIpc) is 2.69. The number of aliphatic hydroxyl groups is 1. The minimum atomic E-state index is -0.351. The summed E-state index contributed by atoms with van der Waals surface area (Å²) in [5.41, 5.74) is 0.941. The summed E-state index contributed by atoms with van der Waals surface area (Å²) in [6.45, 7) is 10.7. The molecular weight excluding hydrogens is 256 g/mol. The third-order valence-electron chi connectivity index (χ3n) is 4.43. The lowest BCUT2D eigenvalue weighted by Gasteiger charge is -2.43. The quantitative estimate of drug-likeness (QED) is 0.922. The van der Waals surface area contributed by atoms with Gasteiger partial charge in [0.15, 0.2) is 0 Å². The van der Waals surface area contributed by atoms with Crippen LogP contribution < -0.4 is 0 Å². The van der Waals surface area contributed by atoms with E-state index in [9.17, 15) is 5.11 Å². The highest BCUT2D eigenvalue weighted by atomic mass is 32.1. The summed E-state index contributed by atoms with van der Waals surface area (Å²) in [6, 6.07) is 0. The van der Waals surface area contributed by atoms with Crippen LogP contribution in [0.4, 0.5) is 0 Å². The molecule has 0 aromatic carbocycles. The van der Waals surface area contributed by atoms with E-state index in [0.29, 0.717) is 6.42 Å². The molecule has 1 fully saturated rings. The van der Waals surface area contributed by atoms with E-state index in [2.05, 4.69) is 30.7 Å². The van der Waals surface area contributed by atoms with Crippen LogP contribution in [0.5, 0.6) is 0 Å². The lowest BCUT2D eigenvalue weighted by atomic mass is 9.90. The summed E-state index contributed by atoms with van der Waals surface area (Å²) >= 11 is 1.72. The van der Waals surface area contributed by atoms with Gasteiger partial charge in [0.05, 0.1) is 16.8 Å². The first-order valence-electron chi connectivity index (χ1n) is 7.27. The largest absolute Gasteiger partial charge is 0.391 e. The first-order valence-corrected chi connectivity index (χ1v) is 8.09. The molecule has 1 N–H and O–H groups in total. The summed E-state index contributed by atoms with van der Waals surface area (Å²) in [5.74, 6) is 0. The van der Waals surface area contributed by atoms with E-state index in [4.69, 9.17) is 0 Å². The van der Waals surface area contributed by atoms with E-state index in [1.807, 2.05) is 6.92 Å². The molecule has 1 unspecified atom stereocenters. The van der Waals surface area contributed by atoms with Crippen molar-refractivity contribution >= 4 is 11.3 Å². The fourth-order valence-electron chi connectivity index (χ4n) is 2.72. The van der Waals surface area contributed by atoms with Crippen LogP contribution in [0.25, 0.3) is 0 Å². The first kappa shape index (κ1) is 14.9. The SMILES string of the molecule is Cc1nc(CC(O)C(C)(C)N2CCCCC2)sc1C. The van der Waals surface area contributed by atoms with Gasteiger partial charge in [0.25, 0.3) is 0 Å². The van der Waals surface area contributed by atoms with Gasteiger partial charge in [-0.15, -0.1) is 11.3 Å². The molecule has 3 nitrogen and oxygen atoms in total. The van der Waals surface area contributed by atoms with Gasteiger partial charge < -0.3 is 5.11 Å². The van der Waals surface area contributed by atoms with Crippen molar-refractivity contribution in [2.24, 2.45) is 0 Å². The van der Waals surface area contributed by atoms with Crippen molar-refractivity contribution in [3.8, 4) is 0 Å². The molecule has 2 heterocycles. The third-order valence-corrected chi connectivity index (χ3v) is 5.52. The van der Waals surface area contributed by atoms with Crippen molar-refractivity contribution in [3.63, 3.8) is 0 Å². The molecule has 1 aliphatic rings. The fraction of sp³-hybridized carbons (Fsp3) is 0.800. The molecule has 19 heavy (non-hydrogen) atoms.